The summed E-state index contributed by atoms with van der Waals surface area (Å²) in [6.07, 6.45) is 0.643. The first kappa shape index (κ1) is 14.4. The summed E-state index contributed by atoms with van der Waals surface area (Å²) < 4.78 is 0. The lowest BCUT2D eigenvalue weighted by Crippen LogP contribution is -2.62. The van der Waals surface area contributed by atoms with Crippen LogP contribution in [0, 0.1) is 0 Å². The van der Waals surface area contributed by atoms with Crippen LogP contribution in [-0.2, 0) is 9.59 Å². The molecule has 2 amide bonds. The Bertz CT molecular complexity index is 575. The van der Waals surface area contributed by atoms with Crippen molar-refractivity contribution < 1.29 is 9.59 Å². The van der Waals surface area contributed by atoms with E-state index in [1.165, 1.54) is 10.5 Å². The molecule has 0 spiro atoms. The first-order valence-corrected chi connectivity index (χ1v) is 8.43. The molecule has 112 valence electrons. The molecule has 0 bridgehead atoms. The van der Waals surface area contributed by atoms with E-state index < -0.39 is 0 Å². The molecule has 0 radical (unpaired) electrons. The number of carbonyl (C=O) groups is 2. The first-order valence-electron chi connectivity index (χ1n) is 7.44. The van der Waals surface area contributed by atoms with Crippen LogP contribution in [0.25, 0.3) is 0 Å². The molecule has 5 heteroatoms. The van der Waals surface area contributed by atoms with Crippen molar-refractivity contribution in [3.63, 3.8) is 0 Å². The van der Waals surface area contributed by atoms with Gasteiger partial charge in [0.2, 0.25) is 11.8 Å². The number of rotatable bonds is 3. The number of amides is 2. The van der Waals surface area contributed by atoms with Crippen molar-refractivity contribution >= 4 is 23.6 Å². The molecule has 3 atom stereocenters. The number of piperazine rings is 1. The molecule has 4 nitrogen and oxygen atoms in total. The largest absolute Gasteiger partial charge is 0.343 e. The predicted octanol–water partition coefficient (Wildman–Crippen LogP) is 2.00. The van der Waals surface area contributed by atoms with Crippen molar-refractivity contribution in [3.8, 4) is 0 Å². The lowest BCUT2D eigenvalue weighted by molar-refractivity contribution is -0.148. The number of hydrogen-bond donors (Lipinski definition) is 1. The maximum absolute atomic E-state index is 12.5. The van der Waals surface area contributed by atoms with Gasteiger partial charge in [-0.1, -0.05) is 25.1 Å². The van der Waals surface area contributed by atoms with Gasteiger partial charge in [0.05, 0.1) is 0 Å². The Kier molecular flexibility index (Phi) is 3.93. The number of carbonyl (C=O) groups excluding carboxylic acids is 2. The summed E-state index contributed by atoms with van der Waals surface area (Å²) >= 11 is 1.84. The lowest BCUT2D eigenvalue weighted by Gasteiger charge is -2.38. The molecule has 1 saturated heterocycles. The van der Waals surface area contributed by atoms with Gasteiger partial charge in [-0.3, -0.25) is 9.59 Å². The number of benzene rings is 1. The van der Waals surface area contributed by atoms with E-state index in [2.05, 4.69) is 17.4 Å². The second kappa shape index (κ2) is 5.72. The van der Waals surface area contributed by atoms with Gasteiger partial charge in [-0.15, -0.1) is 11.8 Å². The smallest absolute Gasteiger partial charge is 0.245 e. The third-order valence-electron chi connectivity index (χ3n) is 4.37. The van der Waals surface area contributed by atoms with Crippen LogP contribution < -0.4 is 5.32 Å². The van der Waals surface area contributed by atoms with Gasteiger partial charge in [-0.05, 0) is 25.0 Å². The first-order chi connectivity index (χ1) is 10.1. The highest BCUT2D eigenvalue weighted by atomic mass is 32.2. The van der Waals surface area contributed by atoms with Gasteiger partial charge in [0.25, 0.3) is 0 Å². The molecule has 2 aliphatic heterocycles. The molecule has 2 aliphatic rings. The minimum absolute atomic E-state index is 0.0413. The van der Waals surface area contributed by atoms with E-state index in [9.17, 15) is 9.59 Å². The van der Waals surface area contributed by atoms with Gasteiger partial charge < -0.3 is 10.2 Å². The number of hydrogen-bond acceptors (Lipinski definition) is 3. The van der Waals surface area contributed by atoms with Crippen molar-refractivity contribution in [1.29, 1.82) is 0 Å². The van der Waals surface area contributed by atoms with E-state index in [1.54, 1.807) is 4.90 Å². The van der Waals surface area contributed by atoms with E-state index in [-0.39, 0.29) is 23.9 Å². The fourth-order valence-corrected chi connectivity index (χ4v) is 4.27. The van der Waals surface area contributed by atoms with E-state index in [1.807, 2.05) is 37.7 Å². The Labute approximate surface area is 129 Å². The molecule has 0 aromatic heterocycles. The third-order valence-corrected chi connectivity index (χ3v) is 5.62. The molecule has 21 heavy (non-hydrogen) atoms. The number of nitrogens with zero attached hydrogens (tertiary/aromatic N) is 1. The SMILES string of the molecule is CCC1NC(=O)C(C)N(CC2CSc3ccccc32)C1=O. The van der Waals surface area contributed by atoms with Crippen molar-refractivity contribution in [2.75, 3.05) is 12.3 Å². The molecule has 1 fully saturated rings. The van der Waals surface area contributed by atoms with Crippen molar-refractivity contribution in [2.45, 2.75) is 43.2 Å². The molecule has 2 heterocycles. The van der Waals surface area contributed by atoms with Crippen LogP contribution in [0.15, 0.2) is 29.2 Å². The summed E-state index contributed by atoms with van der Waals surface area (Å²) in [4.78, 5) is 27.6. The van der Waals surface area contributed by atoms with Crippen molar-refractivity contribution in [3.05, 3.63) is 29.8 Å². The normalized spacial score (nSPS) is 28.5. The summed E-state index contributed by atoms with van der Waals surface area (Å²) in [6.45, 7) is 4.37. The van der Waals surface area contributed by atoms with Gasteiger partial charge in [-0.25, -0.2) is 0 Å². The number of fused-ring (bicyclic) bond motifs is 1. The molecule has 1 N–H and O–H groups in total. The molecule has 3 unspecified atom stereocenters. The maximum Gasteiger partial charge on any atom is 0.245 e. The standard InChI is InChI=1S/C16H20N2O2S/c1-3-13-16(20)18(10(2)15(19)17-13)8-11-9-21-14-7-5-4-6-12(11)14/h4-7,10-11,13H,3,8-9H2,1-2H3,(H,17,19). The van der Waals surface area contributed by atoms with Crippen LogP contribution in [0.3, 0.4) is 0 Å². The molecule has 1 aromatic carbocycles. The lowest BCUT2D eigenvalue weighted by atomic mass is 9.98. The van der Waals surface area contributed by atoms with Gasteiger partial charge >= 0.3 is 0 Å². The molecule has 0 saturated carbocycles. The second-order valence-corrected chi connectivity index (χ2v) is 6.74. The Hall–Kier alpha value is -1.49. The minimum Gasteiger partial charge on any atom is -0.343 e. The van der Waals surface area contributed by atoms with Crippen molar-refractivity contribution in [1.82, 2.24) is 10.2 Å². The van der Waals surface area contributed by atoms with Crippen molar-refractivity contribution in [2.24, 2.45) is 0 Å². The van der Waals surface area contributed by atoms with Crippen LogP contribution >= 0.6 is 11.8 Å². The Morgan fingerprint density at radius 1 is 1.33 bits per heavy atom. The second-order valence-electron chi connectivity index (χ2n) is 5.68. The fraction of sp³-hybridized carbons (Fsp3) is 0.500. The summed E-state index contributed by atoms with van der Waals surface area (Å²) in [6, 6.07) is 7.61. The third kappa shape index (κ3) is 2.55. The molecular weight excluding hydrogens is 284 g/mol. The molecule has 1 aromatic rings. The highest BCUT2D eigenvalue weighted by Gasteiger charge is 2.39. The predicted molar refractivity (Wildman–Crippen MR) is 83.3 cm³/mol. The summed E-state index contributed by atoms with van der Waals surface area (Å²) in [7, 11) is 0. The average Bonchev–Trinajstić information content (AvgIpc) is 2.90. The highest BCUT2D eigenvalue weighted by Crippen LogP contribution is 2.40. The van der Waals surface area contributed by atoms with Crippen LogP contribution in [0.1, 0.15) is 31.7 Å². The summed E-state index contributed by atoms with van der Waals surface area (Å²) in [5.74, 6) is 1.31. The molecule has 0 aliphatic carbocycles. The number of nitrogens with one attached hydrogen (secondary N) is 1. The summed E-state index contributed by atoms with van der Waals surface area (Å²) in [5, 5.41) is 2.80. The van der Waals surface area contributed by atoms with Gasteiger partial charge in [-0.2, -0.15) is 0 Å². The van der Waals surface area contributed by atoms with Gasteiger partial charge in [0.1, 0.15) is 12.1 Å². The maximum atomic E-state index is 12.5. The molecular formula is C16H20N2O2S. The van der Waals surface area contributed by atoms with Gasteiger partial charge in [0.15, 0.2) is 0 Å². The van der Waals surface area contributed by atoms with Crippen LogP contribution in [0.2, 0.25) is 0 Å². The Morgan fingerprint density at radius 3 is 2.86 bits per heavy atom. The van der Waals surface area contributed by atoms with Gasteiger partial charge in [0, 0.05) is 23.1 Å². The highest BCUT2D eigenvalue weighted by molar-refractivity contribution is 7.99. The minimum atomic E-state index is -0.377. The zero-order valence-corrected chi connectivity index (χ0v) is 13.2. The zero-order chi connectivity index (χ0) is 15.0. The van der Waals surface area contributed by atoms with Crippen LogP contribution in [-0.4, -0.2) is 41.1 Å². The van der Waals surface area contributed by atoms with E-state index in [0.717, 1.165) is 5.75 Å². The van der Waals surface area contributed by atoms with E-state index in [4.69, 9.17) is 0 Å². The topological polar surface area (TPSA) is 49.4 Å². The Morgan fingerprint density at radius 2 is 2.10 bits per heavy atom. The van der Waals surface area contributed by atoms with Crippen LogP contribution in [0.4, 0.5) is 0 Å². The number of thioether (sulfide) groups is 1. The monoisotopic (exact) mass is 304 g/mol. The quantitative estimate of drug-likeness (QED) is 0.929. The molecule has 3 rings (SSSR count). The van der Waals surface area contributed by atoms with E-state index >= 15 is 0 Å². The zero-order valence-electron chi connectivity index (χ0n) is 12.3. The van der Waals surface area contributed by atoms with E-state index in [0.29, 0.717) is 18.9 Å². The Balaban J connectivity index is 1.80. The van der Waals surface area contributed by atoms with Crippen LogP contribution in [0.5, 0.6) is 0 Å². The fourth-order valence-electron chi connectivity index (χ4n) is 3.03. The average molecular weight is 304 g/mol. The summed E-state index contributed by atoms with van der Waals surface area (Å²) in [5.41, 5.74) is 1.31.